The molecule has 2 aromatic rings. The summed E-state index contributed by atoms with van der Waals surface area (Å²) in [4.78, 5) is 13.7. The first-order valence-electron chi connectivity index (χ1n) is 6.27. The van der Waals surface area contributed by atoms with E-state index in [0.29, 0.717) is 6.54 Å². The molecular weight excluding hydrogens is 257 g/mol. The van der Waals surface area contributed by atoms with E-state index < -0.39 is 11.7 Å². The molecule has 0 saturated heterocycles. The van der Waals surface area contributed by atoms with Crippen LogP contribution in [-0.4, -0.2) is 23.0 Å². The van der Waals surface area contributed by atoms with Gasteiger partial charge in [-0.05, 0) is 30.7 Å². The van der Waals surface area contributed by atoms with Crippen LogP contribution in [0.4, 0.5) is 4.39 Å². The van der Waals surface area contributed by atoms with Crippen molar-refractivity contribution >= 4 is 5.91 Å². The first-order chi connectivity index (χ1) is 9.47. The third-order valence-corrected chi connectivity index (χ3v) is 3.04. The number of phenolic OH excluding ortho intramolecular Hbond substituents is 1. The molecule has 0 heterocycles. The van der Waals surface area contributed by atoms with Gasteiger partial charge in [-0.15, -0.1) is 0 Å². The number of carbonyl (C=O) groups is 1. The van der Waals surface area contributed by atoms with Crippen molar-refractivity contribution in [3.63, 3.8) is 0 Å². The van der Waals surface area contributed by atoms with E-state index in [1.165, 1.54) is 11.0 Å². The zero-order valence-corrected chi connectivity index (χ0v) is 11.4. The normalized spacial score (nSPS) is 10.3. The number of aromatic hydroxyl groups is 1. The van der Waals surface area contributed by atoms with Crippen molar-refractivity contribution in [3.8, 4) is 5.75 Å². The van der Waals surface area contributed by atoms with E-state index in [1.54, 1.807) is 7.05 Å². The summed E-state index contributed by atoms with van der Waals surface area (Å²) in [5.74, 6) is -1.17. The largest absolute Gasteiger partial charge is 0.507 e. The second kappa shape index (κ2) is 5.74. The number of aryl methyl sites for hydroxylation is 1. The van der Waals surface area contributed by atoms with Gasteiger partial charge in [-0.25, -0.2) is 4.39 Å². The number of amides is 1. The quantitative estimate of drug-likeness (QED) is 0.933. The second-order valence-electron chi connectivity index (χ2n) is 4.81. The third kappa shape index (κ3) is 3.15. The first-order valence-corrected chi connectivity index (χ1v) is 6.27. The maximum absolute atomic E-state index is 13.2. The van der Waals surface area contributed by atoms with Crippen molar-refractivity contribution in [1.82, 2.24) is 4.90 Å². The van der Waals surface area contributed by atoms with Gasteiger partial charge in [0, 0.05) is 13.6 Å². The van der Waals surface area contributed by atoms with Crippen LogP contribution in [0.25, 0.3) is 0 Å². The Morgan fingerprint density at radius 1 is 1.25 bits per heavy atom. The number of hydrogen-bond donors (Lipinski definition) is 1. The van der Waals surface area contributed by atoms with E-state index >= 15 is 0 Å². The van der Waals surface area contributed by atoms with Crippen molar-refractivity contribution in [2.24, 2.45) is 0 Å². The molecule has 0 aliphatic heterocycles. The zero-order valence-electron chi connectivity index (χ0n) is 11.4. The lowest BCUT2D eigenvalue weighted by Gasteiger charge is -2.18. The molecule has 0 bridgehead atoms. The maximum atomic E-state index is 13.2. The molecule has 2 rings (SSSR count). The monoisotopic (exact) mass is 273 g/mol. The van der Waals surface area contributed by atoms with E-state index in [4.69, 9.17) is 0 Å². The standard InChI is InChI=1S/C16H16FNO2/c1-11-4-3-5-12(8-11)10-18(2)16(20)14-9-13(17)6-7-15(14)19/h3-9,19H,10H2,1-2H3. The van der Waals surface area contributed by atoms with Crippen LogP contribution < -0.4 is 0 Å². The lowest BCUT2D eigenvalue weighted by atomic mass is 10.1. The summed E-state index contributed by atoms with van der Waals surface area (Å²) in [6.07, 6.45) is 0. The molecular formula is C16H16FNO2. The van der Waals surface area contributed by atoms with Crippen LogP contribution in [0.2, 0.25) is 0 Å². The van der Waals surface area contributed by atoms with Gasteiger partial charge in [0.2, 0.25) is 0 Å². The van der Waals surface area contributed by atoms with E-state index in [2.05, 4.69) is 0 Å². The van der Waals surface area contributed by atoms with Crippen LogP contribution >= 0.6 is 0 Å². The predicted octanol–water partition coefficient (Wildman–Crippen LogP) is 3.11. The zero-order chi connectivity index (χ0) is 14.7. The minimum Gasteiger partial charge on any atom is -0.507 e. The molecule has 104 valence electrons. The molecule has 1 amide bonds. The number of nitrogens with zero attached hydrogens (tertiary/aromatic N) is 1. The number of phenols is 1. The van der Waals surface area contributed by atoms with Crippen molar-refractivity contribution in [2.45, 2.75) is 13.5 Å². The third-order valence-electron chi connectivity index (χ3n) is 3.04. The molecule has 2 aromatic carbocycles. The Hall–Kier alpha value is -2.36. The lowest BCUT2D eigenvalue weighted by molar-refractivity contribution is 0.0781. The number of benzene rings is 2. The summed E-state index contributed by atoms with van der Waals surface area (Å²) < 4.78 is 13.2. The van der Waals surface area contributed by atoms with Crippen molar-refractivity contribution in [2.75, 3.05) is 7.05 Å². The molecule has 0 aromatic heterocycles. The molecule has 0 saturated carbocycles. The van der Waals surface area contributed by atoms with Gasteiger partial charge in [-0.2, -0.15) is 0 Å². The topological polar surface area (TPSA) is 40.5 Å². The van der Waals surface area contributed by atoms with Crippen molar-refractivity contribution in [1.29, 1.82) is 0 Å². The minimum atomic E-state index is -0.546. The maximum Gasteiger partial charge on any atom is 0.257 e. The van der Waals surface area contributed by atoms with Gasteiger partial charge in [0.05, 0.1) is 5.56 Å². The predicted molar refractivity (Wildman–Crippen MR) is 75.0 cm³/mol. The number of halogens is 1. The van der Waals surface area contributed by atoms with E-state index in [9.17, 15) is 14.3 Å². The van der Waals surface area contributed by atoms with Crippen LogP contribution in [0.5, 0.6) is 5.75 Å². The van der Waals surface area contributed by atoms with Gasteiger partial charge in [-0.3, -0.25) is 4.79 Å². The Bertz CT molecular complexity index is 640. The average molecular weight is 273 g/mol. The molecule has 1 N–H and O–H groups in total. The Morgan fingerprint density at radius 2 is 2.00 bits per heavy atom. The summed E-state index contributed by atoms with van der Waals surface area (Å²) in [6, 6.07) is 11.1. The van der Waals surface area contributed by atoms with E-state index in [0.717, 1.165) is 23.3 Å². The molecule has 20 heavy (non-hydrogen) atoms. The highest BCUT2D eigenvalue weighted by atomic mass is 19.1. The van der Waals surface area contributed by atoms with Gasteiger partial charge in [-0.1, -0.05) is 29.8 Å². The molecule has 0 radical (unpaired) electrons. The highest BCUT2D eigenvalue weighted by Crippen LogP contribution is 2.20. The van der Waals surface area contributed by atoms with E-state index in [1.807, 2.05) is 31.2 Å². The van der Waals surface area contributed by atoms with Crippen molar-refractivity contribution < 1.29 is 14.3 Å². The van der Waals surface area contributed by atoms with Crippen LogP contribution in [0.15, 0.2) is 42.5 Å². The fourth-order valence-electron chi connectivity index (χ4n) is 2.04. The van der Waals surface area contributed by atoms with Crippen LogP contribution in [-0.2, 0) is 6.54 Å². The van der Waals surface area contributed by atoms with Gasteiger partial charge in [0.15, 0.2) is 0 Å². The Balaban J connectivity index is 2.18. The summed E-state index contributed by atoms with van der Waals surface area (Å²) >= 11 is 0. The molecule has 0 aliphatic rings. The van der Waals surface area contributed by atoms with Gasteiger partial charge >= 0.3 is 0 Å². The molecule has 0 aliphatic carbocycles. The molecule has 4 heteroatoms. The fraction of sp³-hybridized carbons (Fsp3) is 0.188. The Kier molecular flexibility index (Phi) is 4.03. The smallest absolute Gasteiger partial charge is 0.257 e. The lowest BCUT2D eigenvalue weighted by Crippen LogP contribution is -2.26. The summed E-state index contributed by atoms with van der Waals surface area (Å²) in [6.45, 7) is 2.38. The van der Waals surface area contributed by atoms with Gasteiger partial charge < -0.3 is 10.0 Å². The number of hydrogen-bond acceptors (Lipinski definition) is 2. The highest BCUT2D eigenvalue weighted by Gasteiger charge is 2.16. The van der Waals surface area contributed by atoms with Crippen LogP contribution in [0.3, 0.4) is 0 Å². The Labute approximate surface area is 117 Å². The van der Waals surface area contributed by atoms with Crippen LogP contribution in [0.1, 0.15) is 21.5 Å². The highest BCUT2D eigenvalue weighted by molar-refractivity contribution is 5.96. The SMILES string of the molecule is Cc1cccc(CN(C)C(=O)c2cc(F)ccc2O)c1. The molecule has 0 spiro atoms. The van der Waals surface area contributed by atoms with Gasteiger partial charge in [0.1, 0.15) is 11.6 Å². The summed E-state index contributed by atoms with van der Waals surface area (Å²) in [5.41, 5.74) is 2.06. The number of carbonyl (C=O) groups excluding carboxylic acids is 1. The van der Waals surface area contributed by atoms with Gasteiger partial charge in [0.25, 0.3) is 5.91 Å². The molecule has 0 fully saturated rings. The van der Waals surface area contributed by atoms with Crippen LogP contribution in [0, 0.1) is 12.7 Å². The summed E-state index contributed by atoms with van der Waals surface area (Å²) in [5, 5.41) is 9.65. The Morgan fingerprint density at radius 3 is 2.70 bits per heavy atom. The first kappa shape index (κ1) is 14.1. The number of rotatable bonds is 3. The average Bonchev–Trinajstić information content (AvgIpc) is 2.40. The molecule has 0 atom stereocenters. The fourth-order valence-corrected chi connectivity index (χ4v) is 2.04. The summed E-state index contributed by atoms with van der Waals surface area (Å²) in [7, 11) is 1.62. The van der Waals surface area contributed by atoms with Crippen molar-refractivity contribution in [3.05, 3.63) is 65.0 Å². The molecule has 3 nitrogen and oxygen atoms in total. The minimum absolute atomic E-state index is 0.0276. The second-order valence-corrected chi connectivity index (χ2v) is 4.81. The molecule has 0 unspecified atom stereocenters. The van der Waals surface area contributed by atoms with E-state index in [-0.39, 0.29) is 11.3 Å².